The Hall–Kier alpha value is -1.43. The van der Waals surface area contributed by atoms with E-state index < -0.39 is 17.7 Å². The number of rotatable bonds is 9. The number of aliphatic hydroxyl groups is 1. The topological polar surface area (TPSA) is 68.3 Å². The molecule has 0 spiro atoms. The summed E-state index contributed by atoms with van der Waals surface area (Å²) in [7, 11) is 0. The summed E-state index contributed by atoms with van der Waals surface area (Å²) in [4.78, 5) is 12.0. The molecule has 1 heterocycles. The lowest BCUT2D eigenvalue weighted by atomic mass is 9.94. The molecule has 0 bridgehead atoms. The molecule has 1 fully saturated rings. The third kappa shape index (κ3) is 3.66. The number of epoxide rings is 1. The second-order valence-corrected chi connectivity index (χ2v) is 5.37. The summed E-state index contributed by atoms with van der Waals surface area (Å²) < 4.78 is 16.1. The lowest BCUT2D eigenvalue weighted by Crippen LogP contribution is -2.42. The fraction of sp³-hybridized carbons (Fsp3) is 0.588. The Morgan fingerprint density at radius 1 is 1.36 bits per heavy atom. The molecule has 5 heteroatoms. The van der Waals surface area contributed by atoms with Crippen LogP contribution < -0.4 is 0 Å². The molecule has 22 heavy (non-hydrogen) atoms. The van der Waals surface area contributed by atoms with Crippen molar-refractivity contribution in [3.63, 3.8) is 0 Å². The highest BCUT2D eigenvalue weighted by atomic mass is 16.7. The van der Waals surface area contributed by atoms with Crippen molar-refractivity contribution in [2.45, 2.75) is 51.1 Å². The van der Waals surface area contributed by atoms with E-state index in [9.17, 15) is 9.90 Å². The first kappa shape index (κ1) is 16.9. The van der Waals surface area contributed by atoms with Crippen LogP contribution in [0.25, 0.3) is 0 Å². The maximum atomic E-state index is 12.0. The number of carbonyl (C=O) groups excluding carboxylic acids is 1. The van der Waals surface area contributed by atoms with E-state index in [2.05, 4.69) is 0 Å². The Morgan fingerprint density at radius 3 is 2.68 bits per heavy atom. The number of aliphatic hydroxyl groups excluding tert-OH is 1. The van der Waals surface area contributed by atoms with E-state index in [1.54, 1.807) is 6.92 Å². The molecule has 1 aliphatic rings. The zero-order chi connectivity index (χ0) is 16.0. The summed E-state index contributed by atoms with van der Waals surface area (Å²) in [5, 5.41) is 10.3. The van der Waals surface area contributed by atoms with Gasteiger partial charge in [-0.1, -0.05) is 37.3 Å². The van der Waals surface area contributed by atoms with Crippen molar-refractivity contribution < 1.29 is 24.1 Å². The van der Waals surface area contributed by atoms with Gasteiger partial charge >= 0.3 is 5.97 Å². The van der Waals surface area contributed by atoms with Crippen LogP contribution in [0.15, 0.2) is 30.3 Å². The van der Waals surface area contributed by atoms with E-state index >= 15 is 0 Å². The van der Waals surface area contributed by atoms with Crippen molar-refractivity contribution in [1.29, 1.82) is 0 Å². The van der Waals surface area contributed by atoms with Gasteiger partial charge < -0.3 is 19.3 Å². The van der Waals surface area contributed by atoms with Crippen LogP contribution >= 0.6 is 0 Å². The minimum atomic E-state index is -1.19. The summed E-state index contributed by atoms with van der Waals surface area (Å²) >= 11 is 0. The van der Waals surface area contributed by atoms with E-state index in [0.717, 1.165) is 5.56 Å². The molecule has 0 amide bonds. The van der Waals surface area contributed by atoms with Crippen LogP contribution in [-0.4, -0.2) is 42.1 Å². The molecular weight excluding hydrogens is 284 g/mol. The molecule has 3 atom stereocenters. The number of ether oxygens (including phenoxy) is 3. The lowest BCUT2D eigenvalue weighted by molar-refractivity contribution is -0.154. The number of hydrogen-bond donors (Lipinski definition) is 1. The van der Waals surface area contributed by atoms with E-state index in [1.807, 2.05) is 37.3 Å². The smallest absolute Gasteiger partial charge is 0.343 e. The molecule has 1 N–H and O–H groups in total. The molecule has 0 aliphatic carbocycles. The Kier molecular flexibility index (Phi) is 5.94. The van der Waals surface area contributed by atoms with Crippen molar-refractivity contribution >= 4 is 5.97 Å². The Balaban J connectivity index is 1.80. The number of carbonyl (C=O) groups is 1. The largest absolute Gasteiger partial charge is 0.464 e. The minimum Gasteiger partial charge on any atom is -0.464 e. The van der Waals surface area contributed by atoms with Crippen LogP contribution in [0.3, 0.4) is 0 Å². The van der Waals surface area contributed by atoms with Crippen LogP contribution in [0.1, 0.15) is 32.3 Å². The van der Waals surface area contributed by atoms with Gasteiger partial charge in [0.2, 0.25) is 5.60 Å². The first-order valence-corrected chi connectivity index (χ1v) is 7.79. The van der Waals surface area contributed by atoms with Gasteiger partial charge in [0, 0.05) is 13.0 Å². The molecule has 2 rings (SSSR count). The zero-order valence-corrected chi connectivity index (χ0v) is 13.2. The van der Waals surface area contributed by atoms with Crippen LogP contribution in [0.2, 0.25) is 0 Å². The molecule has 0 aromatic heterocycles. The summed E-state index contributed by atoms with van der Waals surface area (Å²) in [6, 6.07) is 9.81. The molecule has 1 aromatic carbocycles. The minimum absolute atomic E-state index is 0.268. The number of benzene rings is 1. The highest BCUT2D eigenvalue weighted by Gasteiger charge is 2.67. The van der Waals surface area contributed by atoms with Crippen molar-refractivity contribution in [3.8, 4) is 0 Å². The van der Waals surface area contributed by atoms with E-state index in [1.165, 1.54) is 0 Å². The third-order valence-electron chi connectivity index (χ3n) is 3.87. The maximum absolute atomic E-state index is 12.0. The summed E-state index contributed by atoms with van der Waals surface area (Å²) in [5.41, 5.74) is -0.118. The van der Waals surface area contributed by atoms with Gasteiger partial charge in [-0.2, -0.15) is 0 Å². The molecule has 5 nitrogen and oxygen atoms in total. The van der Waals surface area contributed by atoms with Crippen LogP contribution in [0, 0.1) is 0 Å². The normalized spacial score (nSPS) is 24.8. The van der Waals surface area contributed by atoms with Crippen molar-refractivity contribution in [1.82, 2.24) is 0 Å². The fourth-order valence-electron chi connectivity index (χ4n) is 2.61. The SMILES string of the molecule is CCOC(=O)C1(C(O)CCOCc2ccccc2)OC1CC. The molecule has 1 aliphatic heterocycles. The molecule has 1 saturated heterocycles. The van der Waals surface area contributed by atoms with Crippen LogP contribution in [0.5, 0.6) is 0 Å². The lowest BCUT2D eigenvalue weighted by Gasteiger charge is -2.18. The molecule has 122 valence electrons. The maximum Gasteiger partial charge on any atom is 0.343 e. The Labute approximate surface area is 131 Å². The fourth-order valence-corrected chi connectivity index (χ4v) is 2.61. The molecular formula is C17H24O5. The third-order valence-corrected chi connectivity index (χ3v) is 3.87. The number of hydrogen-bond acceptors (Lipinski definition) is 5. The average molecular weight is 308 g/mol. The predicted octanol–water partition coefficient (Wildman–Crippen LogP) is 2.06. The van der Waals surface area contributed by atoms with Gasteiger partial charge in [-0.3, -0.25) is 0 Å². The van der Waals surface area contributed by atoms with Gasteiger partial charge in [0.05, 0.1) is 19.3 Å². The van der Waals surface area contributed by atoms with E-state index in [-0.39, 0.29) is 12.7 Å². The first-order valence-electron chi connectivity index (χ1n) is 7.79. The van der Waals surface area contributed by atoms with E-state index in [0.29, 0.717) is 26.1 Å². The van der Waals surface area contributed by atoms with Crippen molar-refractivity contribution in [2.75, 3.05) is 13.2 Å². The predicted molar refractivity (Wildman–Crippen MR) is 81.2 cm³/mol. The molecule has 3 unspecified atom stereocenters. The van der Waals surface area contributed by atoms with E-state index in [4.69, 9.17) is 14.2 Å². The number of esters is 1. The van der Waals surface area contributed by atoms with Gasteiger partial charge in [0.1, 0.15) is 6.10 Å². The Morgan fingerprint density at radius 2 is 2.09 bits per heavy atom. The zero-order valence-electron chi connectivity index (χ0n) is 13.2. The highest BCUT2D eigenvalue weighted by Crippen LogP contribution is 2.44. The van der Waals surface area contributed by atoms with Crippen molar-refractivity contribution in [3.05, 3.63) is 35.9 Å². The summed E-state index contributed by atoms with van der Waals surface area (Å²) in [5.74, 6) is -0.475. The second kappa shape index (κ2) is 7.72. The average Bonchev–Trinajstić information content (AvgIpc) is 3.28. The standard InChI is InChI=1S/C17H24O5/c1-3-15-17(22-15,16(19)21-4-2)14(18)10-11-20-12-13-8-6-5-7-9-13/h5-9,14-15,18H,3-4,10-12H2,1-2H3. The van der Waals surface area contributed by atoms with Gasteiger partial charge in [-0.15, -0.1) is 0 Å². The highest BCUT2D eigenvalue weighted by molar-refractivity contribution is 5.84. The molecule has 0 radical (unpaired) electrons. The van der Waals surface area contributed by atoms with Gasteiger partial charge in [0.15, 0.2) is 0 Å². The first-order chi connectivity index (χ1) is 10.6. The quantitative estimate of drug-likeness (QED) is 0.430. The van der Waals surface area contributed by atoms with Gasteiger partial charge in [0.25, 0.3) is 0 Å². The second-order valence-electron chi connectivity index (χ2n) is 5.37. The summed E-state index contributed by atoms with van der Waals surface area (Å²) in [6.07, 6.45) is -0.175. The van der Waals surface area contributed by atoms with Crippen LogP contribution in [-0.2, 0) is 25.6 Å². The monoisotopic (exact) mass is 308 g/mol. The van der Waals surface area contributed by atoms with Crippen molar-refractivity contribution in [2.24, 2.45) is 0 Å². The van der Waals surface area contributed by atoms with Crippen LogP contribution in [0.4, 0.5) is 0 Å². The Bertz CT molecular complexity index is 475. The van der Waals surface area contributed by atoms with Gasteiger partial charge in [-0.05, 0) is 18.9 Å². The summed E-state index contributed by atoms with van der Waals surface area (Å²) in [6.45, 7) is 4.78. The molecule has 1 aromatic rings. The van der Waals surface area contributed by atoms with Gasteiger partial charge in [-0.25, -0.2) is 4.79 Å². The molecule has 0 saturated carbocycles.